The molecule has 1 unspecified atom stereocenters. The molecule has 0 saturated heterocycles. The van der Waals surface area contributed by atoms with E-state index >= 15 is 0 Å². The summed E-state index contributed by atoms with van der Waals surface area (Å²) in [4.78, 5) is 37.4. The van der Waals surface area contributed by atoms with Crippen molar-refractivity contribution in [2.45, 2.75) is 25.3 Å². The molecular weight excluding hydrogens is 232 g/mol. The summed E-state index contributed by atoms with van der Waals surface area (Å²) >= 11 is 0. The second kappa shape index (κ2) is 5.00. The van der Waals surface area contributed by atoms with E-state index in [4.69, 9.17) is 0 Å². The third-order valence-electron chi connectivity index (χ3n) is 2.97. The predicted molar refractivity (Wildman–Crippen MR) is 66.3 cm³/mol. The third-order valence-corrected chi connectivity index (χ3v) is 2.97. The molecule has 94 valence electrons. The highest BCUT2D eigenvalue weighted by molar-refractivity contribution is 5.98. The Hall–Kier alpha value is -2.17. The van der Waals surface area contributed by atoms with Gasteiger partial charge in [0.15, 0.2) is 5.78 Å². The lowest BCUT2D eigenvalue weighted by Crippen LogP contribution is -2.44. The monoisotopic (exact) mass is 246 g/mol. The number of rotatable bonds is 2. The standard InChI is InChI=1S/C13H14N2O3/c1-8-4-5-10(11(16)7-8)15-13(18)9-3-2-6-14-12(9)17/h2-3,6,10H,1,4-5,7H2,(H,14,17)(H,15,18). The molecule has 0 radical (unpaired) electrons. The molecule has 0 aromatic carbocycles. The number of nitrogens with one attached hydrogen (secondary N) is 2. The molecule has 1 atom stereocenters. The van der Waals surface area contributed by atoms with Crippen LogP contribution in [0.25, 0.3) is 0 Å². The summed E-state index contributed by atoms with van der Waals surface area (Å²) in [7, 11) is 0. The second-order valence-corrected chi connectivity index (χ2v) is 4.37. The predicted octanol–water partition coefficient (Wildman–Crippen LogP) is 0.782. The van der Waals surface area contributed by atoms with Gasteiger partial charge in [-0.05, 0) is 25.0 Å². The van der Waals surface area contributed by atoms with E-state index < -0.39 is 17.5 Å². The molecule has 18 heavy (non-hydrogen) atoms. The van der Waals surface area contributed by atoms with E-state index in [2.05, 4.69) is 16.9 Å². The molecule has 1 fully saturated rings. The van der Waals surface area contributed by atoms with Crippen LogP contribution in [0.5, 0.6) is 0 Å². The Morgan fingerprint density at radius 1 is 1.44 bits per heavy atom. The molecule has 5 heteroatoms. The van der Waals surface area contributed by atoms with Crippen LogP contribution in [0.1, 0.15) is 29.6 Å². The van der Waals surface area contributed by atoms with Crippen molar-refractivity contribution in [3.05, 3.63) is 46.4 Å². The van der Waals surface area contributed by atoms with E-state index in [-0.39, 0.29) is 11.3 Å². The highest BCUT2D eigenvalue weighted by Crippen LogP contribution is 2.19. The van der Waals surface area contributed by atoms with E-state index in [0.717, 1.165) is 12.0 Å². The normalized spacial score (nSPS) is 19.7. The van der Waals surface area contributed by atoms with E-state index in [9.17, 15) is 14.4 Å². The summed E-state index contributed by atoms with van der Waals surface area (Å²) in [6, 6.07) is 2.49. The van der Waals surface area contributed by atoms with Crippen molar-refractivity contribution in [3.63, 3.8) is 0 Å². The number of hydrogen-bond donors (Lipinski definition) is 2. The smallest absolute Gasteiger partial charge is 0.260 e. The van der Waals surface area contributed by atoms with Crippen molar-refractivity contribution in [1.29, 1.82) is 0 Å². The fraction of sp³-hybridized carbons (Fsp3) is 0.308. The summed E-state index contributed by atoms with van der Waals surface area (Å²) in [5.41, 5.74) is 0.459. The van der Waals surface area contributed by atoms with Crippen molar-refractivity contribution < 1.29 is 9.59 Å². The maximum Gasteiger partial charge on any atom is 0.260 e. The Labute approximate surface area is 104 Å². The number of aromatic nitrogens is 1. The minimum atomic E-state index is -0.511. The number of H-pyrrole nitrogens is 1. The number of pyridine rings is 1. The van der Waals surface area contributed by atoms with Gasteiger partial charge in [-0.25, -0.2) is 0 Å². The molecular formula is C13H14N2O3. The van der Waals surface area contributed by atoms with Crippen LogP contribution in [0.2, 0.25) is 0 Å². The molecule has 0 bridgehead atoms. The highest BCUT2D eigenvalue weighted by Gasteiger charge is 2.26. The van der Waals surface area contributed by atoms with Gasteiger partial charge in [0.1, 0.15) is 5.56 Å². The Kier molecular flexibility index (Phi) is 3.41. The zero-order chi connectivity index (χ0) is 13.1. The number of amides is 1. The van der Waals surface area contributed by atoms with Gasteiger partial charge in [0.25, 0.3) is 11.5 Å². The van der Waals surface area contributed by atoms with E-state index in [1.807, 2.05) is 0 Å². The minimum absolute atomic E-state index is 0.0229. The fourth-order valence-electron chi connectivity index (χ4n) is 1.96. The largest absolute Gasteiger partial charge is 0.342 e. The number of hydrogen-bond acceptors (Lipinski definition) is 3. The number of Topliss-reactive ketones (excluding diaryl/α,β-unsaturated/α-hetero) is 1. The maximum absolute atomic E-state index is 11.9. The number of allylic oxidation sites excluding steroid dienone is 1. The third kappa shape index (κ3) is 2.56. The Balaban J connectivity index is 2.09. The number of carbonyl (C=O) groups excluding carboxylic acids is 2. The van der Waals surface area contributed by atoms with E-state index in [1.54, 1.807) is 6.07 Å². The van der Waals surface area contributed by atoms with E-state index in [0.29, 0.717) is 12.8 Å². The van der Waals surface area contributed by atoms with Gasteiger partial charge in [0, 0.05) is 12.6 Å². The van der Waals surface area contributed by atoms with Gasteiger partial charge >= 0.3 is 0 Å². The molecule has 1 saturated carbocycles. The van der Waals surface area contributed by atoms with Crippen molar-refractivity contribution in [2.24, 2.45) is 0 Å². The van der Waals surface area contributed by atoms with Crippen LogP contribution in [0, 0.1) is 0 Å². The molecule has 1 amide bonds. The molecule has 1 aliphatic rings. The van der Waals surface area contributed by atoms with Gasteiger partial charge in [0.2, 0.25) is 0 Å². The molecule has 2 N–H and O–H groups in total. The molecule has 1 aromatic rings. The number of ketones is 1. The number of carbonyl (C=O) groups is 2. The van der Waals surface area contributed by atoms with Crippen molar-refractivity contribution in [2.75, 3.05) is 0 Å². The summed E-state index contributed by atoms with van der Waals surface area (Å²) in [6.45, 7) is 3.76. The highest BCUT2D eigenvalue weighted by atomic mass is 16.2. The van der Waals surface area contributed by atoms with Crippen LogP contribution in [0.15, 0.2) is 35.3 Å². The van der Waals surface area contributed by atoms with Crippen LogP contribution in [-0.2, 0) is 4.79 Å². The topological polar surface area (TPSA) is 79.0 Å². The van der Waals surface area contributed by atoms with E-state index in [1.165, 1.54) is 12.3 Å². The second-order valence-electron chi connectivity index (χ2n) is 4.37. The Bertz CT molecular complexity index is 559. The molecule has 1 aromatic heterocycles. The lowest BCUT2D eigenvalue weighted by molar-refractivity contribution is -0.121. The quantitative estimate of drug-likeness (QED) is 0.757. The molecule has 5 nitrogen and oxygen atoms in total. The average Bonchev–Trinajstić information content (AvgIpc) is 2.33. The first-order chi connectivity index (χ1) is 8.58. The lowest BCUT2D eigenvalue weighted by atomic mass is 9.90. The molecule has 0 spiro atoms. The fourth-order valence-corrected chi connectivity index (χ4v) is 1.96. The van der Waals surface area contributed by atoms with Gasteiger partial charge in [-0.2, -0.15) is 0 Å². The SMILES string of the molecule is C=C1CCC(NC(=O)c2ccc[nH]c2=O)C(=O)C1. The Morgan fingerprint density at radius 3 is 2.89 bits per heavy atom. The van der Waals surface area contributed by atoms with Gasteiger partial charge in [-0.15, -0.1) is 0 Å². The molecule has 1 heterocycles. The van der Waals surface area contributed by atoms with Crippen LogP contribution in [0.4, 0.5) is 0 Å². The van der Waals surface area contributed by atoms with Crippen LogP contribution in [-0.4, -0.2) is 22.7 Å². The van der Waals surface area contributed by atoms with Gasteiger partial charge in [0.05, 0.1) is 6.04 Å². The summed E-state index contributed by atoms with van der Waals surface area (Å²) in [5, 5.41) is 2.60. The molecule has 2 rings (SSSR count). The number of aromatic amines is 1. The zero-order valence-electron chi connectivity index (χ0n) is 9.86. The van der Waals surface area contributed by atoms with Gasteiger partial charge < -0.3 is 10.3 Å². The van der Waals surface area contributed by atoms with Crippen LogP contribution in [0.3, 0.4) is 0 Å². The Morgan fingerprint density at radius 2 is 2.22 bits per heavy atom. The van der Waals surface area contributed by atoms with Crippen LogP contribution >= 0.6 is 0 Å². The maximum atomic E-state index is 11.9. The summed E-state index contributed by atoms with van der Waals surface area (Å²) in [6.07, 6.45) is 3.03. The van der Waals surface area contributed by atoms with Crippen molar-refractivity contribution in [3.8, 4) is 0 Å². The first-order valence-electron chi connectivity index (χ1n) is 5.76. The van der Waals surface area contributed by atoms with Gasteiger partial charge in [-0.3, -0.25) is 14.4 Å². The van der Waals surface area contributed by atoms with Crippen LogP contribution < -0.4 is 10.9 Å². The van der Waals surface area contributed by atoms with Gasteiger partial charge in [-0.1, -0.05) is 12.2 Å². The zero-order valence-corrected chi connectivity index (χ0v) is 9.86. The first-order valence-corrected chi connectivity index (χ1v) is 5.76. The minimum Gasteiger partial charge on any atom is -0.342 e. The lowest BCUT2D eigenvalue weighted by Gasteiger charge is -2.22. The summed E-state index contributed by atoms with van der Waals surface area (Å²) in [5.74, 6) is -0.560. The van der Waals surface area contributed by atoms with Crippen molar-refractivity contribution in [1.82, 2.24) is 10.3 Å². The molecule has 0 aliphatic heterocycles. The first kappa shape index (κ1) is 12.3. The van der Waals surface area contributed by atoms with Crippen molar-refractivity contribution >= 4 is 11.7 Å². The molecule has 1 aliphatic carbocycles. The summed E-state index contributed by atoms with van der Waals surface area (Å²) < 4.78 is 0. The average molecular weight is 246 g/mol.